The molecule has 358 valence electrons. The Morgan fingerprint density at radius 2 is 0.933 bits per heavy atom. The van der Waals surface area contributed by atoms with E-state index in [1.54, 1.807) is 0 Å². The van der Waals surface area contributed by atoms with Crippen molar-refractivity contribution in [3.63, 3.8) is 0 Å². The van der Waals surface area contributed by atoms with Gasteiger partial charge in [-0.15, -0.1) is 0 Å². The van der Waals surface area contributed by atoms with Gasteiger partial charge in [0.2, 0.25) is 5.91 Å². The smallest absolute Gasteiger partial charge is 0.391 e. The van der Waals surface area contributed by atoms with Crippen molar-refractivity contribution in [2.75, 3.05) is 40.9 Å². The second-order valence-electron chi connectivity index (χ2n) is 19.3. The molecule has 0 aliphatic carbocycles. The summed E-state index contributed by atoms with van der Waals surface area (Å²) in [7, 11) is 1.62. The lowest BCUT2D eigenvalue weighted by Gasteiger charge is -2.26. The van der Waals surface area contributed by atoms with Gasteiger partial charge in [0.05, 0.1) is 39.9 Å². The molecular formula is C51H104N2O6P+. The third-order valence-corrected chi connectivity index (χ3v) is 13.0. The molecule has 3 N–H and O–H groups in total. The number of unbranched alkanes of at least 4 members (excludes halogenated alkanes) is 33. The molecule has 0 aromatic rings. The molecule has 0 heterocycles. The standard InChI is InChI=1S/C51H103N2O6P/c1-6-8-10-12-14-16-18-19-20-21-22-23-24-25-26-27-28-29-30-31-32-33-34-35-36-38-40-42-44-50(54)49(48-59-60(56,57)58-47-46-53(3,4)5)52-51(55)45-43-41-39-37-17-15-13-11-9-7-2/h11,13,49-50,54H,6-10,12,14-48H2,1-5H3,(H-,52,55,56,57)/p+1/b13-11-. The summed E-state index contributed by atoms with van der Waals surface area (Å²) in [5, 5.41) is 14.0. The zero-order valence-corrected chi connectivity index (χ0v) is 41.6. The molecule has 0 aromatic heterocycles. The third kappa shape index (κ3) is 45.3. The fourth-order valence-electron chi connectivity index (χ4n) is 7.87. The highest BCUT2D eigenvalue weighted by atomic mass is 31.2. The maximum Gasteiger partial charge on any atom is 0.472 e. The molecule has 8 nitrogen and oxygen atoms in total. The Hall–Kier alpha value is -0.760. The second-order valence-corrected chi connectivity index (χ2v) is 20.7. The number of carbonyl (C=O) groups excluding carboxylic acids is 1. The number of phosphoric ester groups is 1. The summed E-state index contributed by atoms with van der Waals surface area (Å²) in [5.74, 6) is -0.153. The highest BCUT2D eigenvalue weighted by Crippen LogP contribution is 2.43. The fraction of sp³-hybridized carbons (Fsp3) is 0.941. The van der Waals surface area contributed by atoms with E-state index in [0.717, 1.165) is 57.8 Å². The zero-order chi connectivity index (χ0) is 44.3. The van der Waals surface area contributed by atoms with Gasteiger partial charge in [0.25, 0.3) is 0 Å². The van der Waals surface area contributed by atoms with E-state index < -0.39 is 20.0 Å². The highest BCUT2D eigenvalue weighted by Gasteiger charge is 2.28. The number of nitrogens with zero attached hydrogens (tertiary/aromatic N) is 1. The Balaban J connectivity index is 4.02. The molecule has 0 aliphatic heterocycles. The number of nitrogens with one attached hydrogen (secondary N) is 1. The van der Waals surface area contributed by atoms with Crippen LogP contribution in [0.4, 0.5) is 0 Å². The lowest BCUT2D eigenvalue weighted by molar-refractivity contribution is -0.870. The highest BCUT2D eigenvalue weighted by molar-refractivity contribution is 7.47. The third-order valence-electron chi connectivity index (χ3n) is 12.0. The van der Waals surface area contributed by atoms with Gasteiger partial charge in [-0.05, 0) is 32.1 Å². The van der Waals surface area contributed by atoms with E-state index in [2.05, 4.69) is 31.3 Å². The number of aliphatic hydroxyl groups excluding tert-OH is 1. The summed E-state index contributed by atoms with van der Waals surface area (Å²) in [6.07, 6.45) is 51.4. The zero-order valence-electron chi connectivity index (χ0n) is 40.7. The van der Waals surface area contributed by atoms with Crippen LogP contribution >= 0.6 is 7.82 Å². The Kier molecular flexibility index (Phi) is 42.9. The summed E-state index contributed by atoms with van der Waals surface area (Å²) in [4.78, 5) is 23.1. The van der Waals surface area contributed by atoms with Gasteiger partial charge in [0.15, 0.2) is 0 Å². The van der Waals surface area contributed by atoms with Gasteiger partial charge in [-0.2, -0.15) is 0 Å². The van der Waals surface area contributed by atoms with Crippen LogP contribution in [0.15, 0.2) is 12.2 Å². The number of aliphatic hydroxyl groups is 1. The van der Waals surface area contributed by atoms with Crippen LogP contribution in [-0.4, -0.2) is 73.4 Å². The van der Waals surface area contributed by atoms with Crippen molar-refractivity contribution in [1.29, 1.82) is 0 Å². The van der Waals surface area contributed by atoms with Gasteiger partial charge in [-0.1, -0.05) is 231 Å². The van der Waals surface area contributed by atoms with Gasteiger partial charge >= 0.3 is 7.82 Å². The number of hydrogen-bond donors (Lipinski definition) is 3. The van der Waals surface area contributed by atoms with E-state index in [1.807, 2.05) is 21.1 Å². The summed E-state index contributed by atoms with van der Waals surface area (Å²) < 4.78 is 23.6. The van der Waals surface area contributed by atoms with Crippen LogP contribution in [0.5, 0.6) is 0 Å². The number of allylic oxidation sites excluding steroid dienone is 2. The topological polar surface area (TPSA) is 105 Å². The van der Waals surface area contributed by atoms with Crippen molar-refractivity contribution in [3.05, 3.63) is 12.2 Å². The maximum atomic E-state index is 12.9. The first kappa shape index (κ1) is 59.2. The SMILES string of the molecule is CCC/C=C\CCCCCCCC(=O)NC(COP(=O)(O)OCC[N+](C)(C)C)C(O)CCCCCCCCCCCCCCCCCCCCCCCCCCCCCC. The normalized spacial score (nSPS) is 14.2. The quantitative estimate of drug-likeness (QED) is 0.0243. The lowest BCUT2D eigenvalue weighted by Crippen LogP contribution is -2.46. The van der Waals surface area contributed by atoms with Crippen molar-refractivity contribution >= 4 is 13.7 Å². The molecule has 0 saturated heterocycles. The number of phosphoric acid groups is 1. The molecule has 0 bridgehead atoms. The molecule has 0 aromatic carbocycles. The molecule has 9 heteroatoms. The predicted octanol–water partition coefficient (Wildman–Crippen LogP) is 15.1. The molecule has 0 saturated carbocycles. The fourth-order valence-corrected chi connectivity index (χ4v) is 8.61. The van der Waals surface area contributed by atoms with Crippen molar-refractivity contribution in [2.24, 2.45) is 0 Å². The van der Waals surface area contributed by atoms with E-state index in [4.69, 9.17) is 9.05 Å². The van der Waals surface area contributed by atoms with Gasteiger partial charge in [-0.3, -0.25) is 13.8 Å². The molecule has 0 rings (SSSR count). The summed E-state index contributed by atoms with van der Waals surface area (Å²) >= 11 is 0. The summed E-state index contributed by atoms with van der Waals surface area (Å²) in [6.45, 7) is 4.84. The number of rotatable bonds is 48. The summed E-state index contributed by atoms with van der Waals surface area (Å²) in [6, 6.07) is -0.760. The number of hydrogen-bond acceptors (Lipinski definition) is 5. The van der Waals surface area contributed by atoms with Crippen LogP contribution in [0.3, 0.4) is 0 Å². The van der Waals surface area contributed by atoms with Crippen LogP contribution < -0.4 is 5.32 Å². The van der Waals surface area contributed by atoms with E-state index in [1.165, 1.54) is 173 Å². The van der Waals surface area contributed by atoms with Crippen molar-refractivity contribution in [1.82, 2.24) is 5.32 Å². The van der Waals surface area contributed by atoms with Gasteiger partial charge in [0, 0.05) is 6.42 Å². The van der Waals surface area contributed by atoms with Crippen molar-refractivity contribution in [3.8, 4) is 0 Å². The molecular weight excluding hydrogens is 768 g/mol. The predicted molar refractivity (Wildman–Crippen MR) is 259 cm³/mol. The minimum absolute atomic E-state index is 0.0749. The van der Waals surface area contributed by atoms with E-state index in [0.29, 0.717) is 23.9 Å². The average Bonchev–Trinajstić information content (AvgIpc) is 3.20. The monoisotopic (exact) mass is 872 g/mol. The largest absolute Gasteiger partial charge is 0.472 e. The Bertz CT molecular complexity index is 989. The van der Waals surface area contributed by atoms with E-state index in [9.17, 15) is 19.4 Å². The van der Waals surface area contributed by atoms with Crippen LogP contribution in [-0.2, 0) is 18.4 Å². The van der Waals surface area contributed by atoms with Crippen LogP contribution in [0, 0.1) is 0 Å². The molecule has 60 heavy (non-hydrogen) atoms. The molecule has 0 radical (unpaired) electrons. The average molecular weight is 872 g/mol. The molecule has 3 atom stereocenters. The van der Waals surface area contributed by atoms with Gasteiger partial charge < -0.3 is 19.8 Å². The second kappa shape index (κ2) is 43.5. The van der Waals surface area contributed by atoms with Crippen LogP contribution in [0.25, 0.3) is 0 Å². The first-order valence-corrected chi connectivity index (χ1v) is 27.5. The number of quaternary nitrogens is 1. The van der Waals surface area contributed by atoms with E-state index >= 15 is 0 Å². The molecule has 0 spiro atoms. The maximum absolute atomic E-state index is 12.9. The first-order chi connectivity index (χ1) is 29.0. The molecule has 1 amide bonds. The minimum Gasteiger partial charge on any atom is -0.391 e. The molecule has 0 aliphatic rings. The molecule has 0 fully saturated rings. The number of carbonyl (C=O) groups is 1. The van der Waals surface area contributed by atoms with E-state index in [-0.39, 0.29) is 19.1 Å². The Morgan fingerprint density at radius 1 is 0.550 bits per heavy atom. The van der Waals surface area contributed by atoms with Gasteiger partial charge in [0.1, 0.15) is 13.2 Å². The summed E-state index contributed by atoms with van der Waals surface area (Å²) in [5.41, 5.74) is 0. The molecule has 3 unspecified atom stereocenters. The Labute approximate surface area is 373 Å². The Morgan fingerprint density at radius 3 is 1.35 bits per heavy atom. The van der Waals surface area contributed by atoms with Crippen LogP contribution in [0.1, 0.15) is 258 Å². The minimum atomic E-state index is -4.31. The van der Waals surface area contributed by atoms with Crippen molar-refractivity contribution in [2.45, 2.75) is 270 Å². The lowest BCUT2D eigenvalue weighted by atomic mass is 10.0. The number of likely N-dealkylation sites (N-methyl/N-ethyl adjacent to an activating group) is 1. The first-order valence-electron chi connectivity index (χ1n) is 26.1. The van der Waals surface area contributed by atoms with Crippen molar-refractivity contribution < 1.29 is 32.9 Å². The van der Waals surface area contributed by atoms with Crippen LogP contribution in [0.2, 0.25) is 0 Å². The number of amides is 1. The van der Waals surface area contributed by atoms with Gasteiger partial charge in [-0.25, -0.2) is 4.57 Å².